The van der Waals surface area contributed by atoms with Crippen LogP contribution in [0.5, 0.6) is 0 Å². The zero-order valence-electron chi connectivity index (χ0n) is 8.09. The topological polar surface area (TPSA) is 56.0 Å². The molecule has 70 valence electrons. The highest BCUT2D eigenvalue weighted by Gasteiger charge is 2.30. The number of hydrogen-bond acceptors (Lipinski definition) is 3. The van der Waals surface area contributed by atoms with Crippen LogP contribution in [0.3, 0.4) is 0 Å². The Kier molecular flexibility index (Phi) is 4.87. The minimum absolute atomic E-state index is 0.0795. The summed E-state index contributed by atoms with van der Waals surface area (Å²) >= 11 is 0. The van der Waals surface area contributed by atoms with Crippen LogP contribution < -0.4 is 5.32 Å². The molecule has 0 amide bonds. The van der Waals surface area contributed by atoms with E-state index < -0.39 is 5.54 Å². The van der Waals surface area contributed by atoms with Crippen LogP contribution in [-0.2, 0) is 0 Å². The molecule has 0 aliphatic rings. The average molecular weight is 170 g/mol. The first kappa shape index (κ1) is 11.4. The molecule has 0 rings (SSSR count). The van der Waals surface area contributed by atoms with Gasteiger partial charge < -0.3 is 5.11 Å². The van der Waals surface area contributed by atoms with Gasteiger partial charge in [0.15, 0.2) is 0 Å². The van der Waals surface area contributed by atoms with Gasteiger partial charge in [0.2, 0.25) is 0 Å². The van der Waals surface area contributed by atoms with E-state index in [2.05, 4.69) is 11.4 Å². The maximum atomic E-state index is 8.98. The van der Waals surface area contributed by atoms with Gasteiger partial charge >= 0.3 is 0 Å². The Bertz CT molecular complexity index is 162. The van der Waals surface area contributed by atoms with E-state index in [1.54, 1.807) is 0 Å². The van der Waals surface area contributed by atoms with E-state index in [1.165, 1.54) is 0 Å². The summed E-state index contributed by atoms with van der Waals surface area (Å²) in [6, 6.07) is 2.28. The first-order chi connectivity index (χ1) is 5.63. The van der Waals surface area contributed by atoms with Crippen molar-refractivity contribution < 1.29 is 5.11 Å². The van der Waals surface area contributed by atoms with E-state index in [4.69, 9.17) is 10.4 Å². The van der Waals surface area contributed by atoms with Gasteiger partial charge in [-0.1, -0.05) is 20.8 Å². The Hall–Kier alpha value is -0.590. The van der Waals surface area contributed by atoms with Gasteiger partial charge in [-0.2, -0.15) is 5.26 Å². The van der Waals surface area contributed by atoms with Gasteiger partial charge in [0.25, 0.3) is 0 Å². The lowest BCUT2D eigenvalue weighted by Crippen LogP contribution is -2.49. The smallest absolute Gasteiger partial charge is 0.108 e. The molecule has 0 aliphatic heterocycles. The predicted octanol–water partition coefficient (Wildman–Crippen LogP) is 0.897. The molecular weight excluding hydrogens is 152 g/mol. The van der Waals surface area contributed by atoms with Crippen molar-refractivity contribution in [3.8, 4) is 6.07 Å². The zero-order chi connectivity index (χ0) is 9.61. The lowest BCUT2D eigenvalue weighted by atomic mass is 9.85. The second kappa shape index (κ2) is 5.13. The Balaban J connectivity index is 4.28. The molecule has 0 radical (unpaired) electrons. The SMILES string of the molecule is CCC(C#N)(NCCO)C(C)C. The molecular formula is C9H18N2O. The Labute approximate surface area is 74.4 Å². The number of rotatable bonds is 5. The van der Waals surface area contributed by atoms with Crippen LogP contribution in [0.4, 0.5) is 0 Å². The molecule has 0 aromatic heterocycles. The van der Waals surface area contributed by atoms with Crippen LogP contribution in [0.2, 0.25) is 0 Å². The van der Waals surface area contributed by atoms with Crippen molar-refractivity contribution >= 4 is 0 Å². The van der Waals surface area contributed by atoms with Gasteiger partial charge in [0.05, 0.1) is 12.7 Å². The molecule has 0 aromatic rings. The van der Waals surface area contributed by atoms with E-state index in [-0.39, 0.29) is 12.5 Å². The van der Waals surface area contributed by atoms with E-state index in [1.807, 2.05) is 20.8 Å². The average Bonchev–Trinajstić information content (AvgIpc) is 2.07. The van der Waals surface area contributed by atoms with Crippen molar-refractivity contribution in [2.75, 3.05) is 13.2 Å². The maximum absolute atomic E-state index is 8.98. The quantitative estimate of drug-likeness (QED) is 0.644. The molecule has 0 saturated heterocycles. The first-order valence-electron chi connectivity index (χ1n) is 4.40. The Morgan fingerprint density at radius 2 is 2.17 bits per heavy atom. The summed E-state index contributed by atoms with van der Waals surface area (Å²) in [5.74, 6) is 0.263. The van der Waals surface area contributed by atoms with E-state index in [0.29, 0.717) is 6.54 Å². The lowest BCUT2D eigenvalue weighted by molar-refractivity contribution is 0.242. The van der Waals surface area contributed by atoms with Gasteiger partial charge in [0.1, 0.15) is 5.54 Å². The number of hydrogen-bond donors (Lipinski definition) is 2. The normalized spacial score (nSPS) is 15.7. The third-order valence-corrected chi connectivity index (χ3v) is 2.30. The van der Waals surface area contributed by atoms with Crippen molar-refractivity contribution in [1.82, 2.24) is 5.32 Å². The van der Waals surface area contributed by atoms with Crippen molar-refractivity contribution in [3.63, 3.8) is 0 Å². The lowest BCUT2D eigenvalue weighted by Gasteiger charge is -2.30. The zero-order valence-corrected chi connectivity index (χ0v) is 8.09. The molecule has 0 aliphatic carbocycles. The van der Waals surface area contributed by atoms with Crippen LogP contribution in [0.15, 0.2) is 0 Å². The largest absolute Gasteiger partial charge is 0.395 e. The van der Waals surface area contributed by atoms with Crippen molar-refractivity contribution in [2.24, 2.45) is 5.92 Å². The van der Waals surface area contributed by atoms with Crippen LogP contribution >= 0.6 is 0 Å². The minimum Gasteiger partial charge on any atom is -0.395 e. The molecule has 1 unspecified atom stereocenters. The Morgan fingerprint density at radius 3 is 2.42 bits per heavy atom. The van der Waals surface area contributed by atoms with Crippen LogP contribution in [0.25, 0.3) is 0 Å². The van der Waals surface area contributed by atoms with Gasteiger partial charge in [-0.25, -0.2) is 0 Å². The molecule has 2 N–H and O–H groups in total. The summed E-state index contributed by atoms with van der Waals surface area (Å²) in [5, 5.41) is 20.7. The molecule has 0 fully saturated rings. The van der Waals surface area contributed by atoms with E-state index in [9.17, 15) is 0 Å². The van der Waals surface area contributed by atoms with Crippen molar-refractivity contribution in [3.05, 3.63) is 0 Å². The van der Waals surface area contributed by atoms with Crippen LogP contribution in [0.1, 0.15) is 27.2 Å². The minimum atomic E-state index is -0.470. The third-order valence-electron chi connectivity index (χ3n) is 2.30. The highest BCUT2D eigenvalue weighted by molar-refractivity contribution is 5.08. The summed E-state index contributed by atoms with van der Waals surface area (Å²) in [6.45, 7) is 6.57. The van der Waals surface area contributed by atoms with E-state index in [0.717, 1.165) is 6.42 Å². The fraction of sp³-hybridized carbons (Fsp3) is 0.889. The summed E-state index contributed by atoms with van der Waals surface area (Å²) < 4.78 is 0. The molecule has 0 heterocycles. The molecule has 0 saturated carbocycles. The summed E-state index contributed by atoms with van der Waals surface area (Å²) in [4.78, 5) is 0. The highest BCUT2D eigenvalue weighted by atomic mass is 16.3. The molecule has 3 nitrogen and oxygen atoms in total. The summed E-state index contributed by atoms with van der Waals surface area (Å²) in [7, 11) is 0. The van der Waals surface area contributed by atoms with Crippen LogP contribution in [-0.4, -0.2) is 23.8 Å². The number of nitrogens with one attached hydrogen (secondary N) is 1. The predicted molar refractivity (Wildman–Crippen MR) is 48.6 cm³/mol. The molecule has 0 bridgehead atoms. The number of nitrogens with zero attached hydrogens (tertiary/aromatic N) is 1. The van der Waals surface area contributed by atoms with Crippen LogP contribution in [0, 0.1) is 17.2 Å². The van der Waals surface area contributed by atoms with Gasteiger partial charge in [-0.05, 0) is 12.3 Å². The number of β-amino-alcohol motifs (C(OH)–C–C–N with tert-alkyl or cyclic N) is 1. The molecule has 12 heavy (non-hydrogen) atoms. The standard InChI is InChI=1S/C9H18N2O/c1-4-9(7-10,8(2)3)11-5-6-12/h8,11-12H,4-6H2,1-3H3. The second-order valence-electron chi connectivity index (χ2n) is 3.24. The molecule has 1 atom stereocenters. The van der Waals surface area contributed by atoms with E-state index >= 15 is 0 Å². The summed E-state index contributed by atoms with van der Waals surface area (Å²) in [6.07, 6.45) is 0.765. The highest BCUT2D eigenvalue weighted by Crippen LogP contribution is 2.19. The molecule has 0 aromatic carbocycles. The molecule has 3 heteroatoms. The van der Waals surface area contributed by atoms with Gasteiger partial charge in [-0.3, -0.25) is 5.32 Å². The number of nitriles is 1. The van der Waals surface area contributed by atoms with Crippen molar-refractivity contribution in [1.29, 1.82) is 5.26 Å². The van der Waals surface area contributed by atoms with Crippen molar-refractivity contribution in [2.45, 2.75) is 32.7 Å². The third kappa shape index (κ3) is 2.47. The number of aliphatic hydroxyl groups excluding tert-OH is 1. The Morgan fingerprint density at radius 1 is 1.58 bits per heavy atom. The fourth-order valence-corrected chi connectivity index (χ4v) is 1.26. The molecule has 0 spiro atoms. The fourth-order valence-electron chi connectivity index (χ4n) is 1.26. The monoisotopic (exact) mass is 170 g/mol. The second-order valence-corrected chi connectivity index (χ2v) is 3.24. The summed E-state index contributed by atoms with van der Waals surface area (Å²) in [5.41, 5.74) is -0.470. The van der Waals surface area contributed by atoms with Gasteiger partial charge in [0, 0.05) is 6.54 Å². The first-order valence-corrected chi connectivity index (χ1v) is 4.40. The maximum Gasteiger partial charge on any atom is 0.108 e. The van der Waals surface area contributed by atoms with Gasteiger partial charge in [-0.15, -0.1) is 0 Å². The number of aliphatic hydroxyl groups is 1.